The van der Waals surface area contributed by atoms with Gasteiger partial charge in [0, 0.05) is 18.7 Å². The van der Waals surface area contributed by atoms with Crippen LogP contribution >= 0.6 is 0 Å². The van der Waals surface area contributed by atoms with Crippen molar-refractivity contribution in [3.8, 4) is 0 Å². The highest BCUT2D eigenvalue weighted by Gasteiger charge is 2.18. The summed E-state index contributed by atoms with van der Waals surface area (Å²) in [5.74, 6) is 0.816. The van der Waals surface area contributed by atoms with Gasteiger partial charge >= 0.3 is 0 Å². The molecule has 0 aromatic heterocycles. The van der Waals surface area contributed by atoms with E-state index in [-0.39, 0.29) is 11.9 Å². The van der Waals surface area contributed by atoms with E-state index in [4.69, 9.17) is 0 Å². The van der Waals surface area contributed by atoms with E-state index < -0.39 is 0 Å². The fourth-order valence-electron chi connectivity index (χ4n) is 5.08. The molecule has 1 aliphatic carbocycles. The number of aryl methyl sites for hydroxylation is 2. The maximum atomic E-state index is 12.9. The standard InChI is InChI=1S/C27H36N2O/c1-3-26(25-15-14-22-8-4-5-9-24(22)17-25)28-27(30)23-12-10-21(11-13-23)19-29-16-6-7-20(2)18-29/h10-15,17,20,26H,3-9,16,18-19H2,1-2H3,(H,28,30)/t20-,26-/m0/s1. The van der Waals surface area contributed by atoms with Crippen LogP contribution in [-0.2, 0) is 19.4 Å². The van der Waals surface area contributed by atoms with Crippen molar-refractivity contribution in [2.45, 2.75) is 71.4 Å². The molecule has 0 saturated carbocycles. The first-order valence-corrected chi connectivity index (χ1v) is 11.9. The number of piperidine rings is 1. The highest BCUT2D eigenvalue weighted by Crippen LogP contribution is 2.26. The van der Waals surface area contributed by atoms with Crippen molar-refractivity contribution in [3.05, 3.63) is 70.3 Å². The molecular weight excluding hydrogens is 368 g/mol. The lowest BCUT2D eigenvalue weighted by Crippen LogP contribution is -2.33. The second-order valence-electron chi connectivity index (χ2n) is 9.35. The van der Waals surface area contributed by atoms with E-state index in [1.54, 1.807) is 0 Å². The van der Waals surface area contributed by atoms with Gasteiger partial charge in [0.25, 0.3) is 5.91 Å². The quantitative estimate of drug-likeness (QED) is 0.672. The maximum absolute atomic E-state index is 12.9. The number of hydrogen-bond acceptors (Lipinski definition) is 2. The second kappa shape index (κ2) is 9.78. The number of fused-ring (bicyclic) bond motifs is 1. The van der Waals surface area contributed by atoms with Crippen LogP contribution in [0.1, 0.15) is 84.6 Å². The molecule has 1 heterocycles. The minimum atomic E-state index is 0.0257. The van der Waals surface area contributed by atoms with Crippen molar-refractivity contribution in [1.29, 1.82) is 0 Å². The van der Waals surface area contributed by atoms with Gasteiger partial charge in [0.05, 0.1) is 6.04 Å². The zero-order valence-electron chi connectivity index (χ0n) is 18.6. The predicted octanol–water partition coefficient (Wildman–Crippen LogP) is 5.68. The van der Waals surface area contributed by atoms with Crippen LogP contribution in [0, 0.1) is 5.92 Å². The molecule has 1 saturated heterocycles. The van der Waals surface area contributed by atoms with Crippen LogP contribution in [0.15, 0.2) is 42.5 Å². The molecule has 2 aromatic carbocycles. The molecule has 160 valence electrons. The van der Waals surface area contributed by atoms with Gasteiger partial charge in [0.2, 0.25) is 0 Å². The van der Waals surface area contributed by atoms with Gasteiger partial charge in [-0.25, -0.2) is 0 Å². The summed E-state index contributed by atoms with van der Waals surface area (Å²) in [6.07, 6.45) is 8.48. The molecule has 0 radical (unpaired) electrons. The van der Waals surface area contributed by atoms with Crippen molar-refractivity contribution in [2.75, 3.05) is 13.1 Å². The fraction of sp³-hybridized carbons (Fsp3) is 0.519. The summed E-state index contributed by atoms with van der Waals surface area (Å²) in [6, 6.07) is 15.1. The molecule has 2 aliphatic rings. The highest BCUT2D eigenvalue weighted by atomic mass is 16.1. The van der Waals surface area contributed by atoms with E-state index in [9.17, 15) is 4.79 Å². The summed E-state index contributed by atoms with van der Waals surface area (Å²) in [5.41, 5.74) is 6.25. The summed E-state index contributed by atoms with van der Waals surface area (Å²) < 4.78 is 0. The lowest BCUT2D eigenvalue weighted by Gasteiger charge is -2.30. The Balaban J connectivity index is 1.38. The molecular formula is C27H36N2O. The van der Waals surface area contributed by atoms with Crippen molar-refractivity contribution >= 4 is 5.91 Å². The molecule has 1 fully saturated rings. The summed E-state index contributed by atoms with van der Waals surface area (Å²) in [6.45, 7) is 7.84. The van der Waals surface area contributed by atoms with Crippen molar-refractivity contribution in [1.82, 2.24) is 10.2 Å². The van der Waals surface area contributed by atoms with Gasteiger partial charge in [-0.2, -0.15) is 0 Å². The van der Waals surface area contributed by atoms with E-state index in [0.717, 1.165) is 24.4 Å². The number of benzene rings is 2. The van der Waals surface area contributed by atoms with Gasteiger partial charge in [-0.05, 0) is 91.8 Å². The van der Waals surface area contributed by atoms with E-state index in [2.05, 4.69) is 54.4 Å². The molecule has 1 amide bonds. The first-order chi connectivity index (χ1) is 14.6. The fourth-order valence-corrected chi connectivity index (χ4v) is 5.08. The van der Waals surface area contributed by atoms with Crippen LogP contribution in [0.4, 0.5) is 0 Å². The Hall–Kier alpha value is -2.13. The Morgan fingerprint density at radius 3 is 2.57 bits per heavy atom. The van der Waals surface area contributed by atoms with Gasteiger partial charge in [-0.1, -0.05) is 44.2 Å². The van der Waals surface area contributed by atoms with Gasteiger partial charge in [-0.15, -0.1) is 0 Å². The number of hydrogen-bond donors (Lipinski definition) is 1. The van der Waals surface area contributed by atoms with E-state index in [1.165, 1.54) is 73.9 Å². The third kappa shape index (κ3) is 5.13. The zero-order valence-corrected chi connectivity index (χ0v) is 18.6. The molecule has 3 heteroatoms. The third-order valence-corrected chi connectivity index (χ3v) is 6.85. The number of likely N-dealkylation sites (tertiary alicyclic amines) is 1. The van der Waals surface area contributed by atoms with Crippen molar-refractivity contribution in [2.24, 2.45) is 5.92 Å². The van der Waals surface area contributed by atoms with Gasteiger partial charge < -0.3 is 5.32 Å². The molecule has 30 heavy (non-hydrogen) atoms. The van der Waals surface area contributed by atoms with Crippen LogP contribution in [0.3, 0.4) is 0 Å². The summed E-state index contributed by atoms with van der Waals surface area (Å²) in [5, 5.41) is 3.26. The Bertz CT molecular complexity index is 858. The molecule has 2 aromatic rings. The van der Waals surface area contributed by atoms with Gasteiger partial charge in [0.15, 0.2) is 0 Å². The minimum Gasteiger partial charge on any atom is -0.345 e. The summed E-state index contributed by atoms with van der Waals surface area (Å²) in [7, 11) is 0. The number of nitrogens with zero attached hydrogens (tertiary/aromatic N) is 1. The second-order valence-corrected chi connectivity index (χ2v) is 9.35. The molecule has 1 aliphatic heterocycles. The molecule has 3 nitrogen and oxygen atoms in total. The normalized spacial score (nSPS) is 20.4. The van der Waals surface area contributed by atoms with Crippen LogP contribution in [0.25, 0.3) is 0 Å². The number of carbonyl (C=O) groups excluding carboxylic acids is 1. The van der Waals surface area contributed by atoms with Crippen molar-refractivity contribution in [3.63, 3.8) is 0 Å². The zero-order chi connectivity index (χ0) is 20.9. The Labute approximate surface area is 181 Å². The van der Waals surface area contributed by atoms with Crippen LogP contribution in [0.2, 0.25) is 0 Å². The highest BCUT2D eigenvalue weighted by molar-refractivity contribution is 5.94. The van der Waals surface area contributed by atoms with Gasteiger partial charge in [0.1, 0.15) is 0 Å². The van der Waals surface area contributed by atoms with Crippen molar-refractivity contribution < 1.29 is 4.79 Å². The lowest BCUT2D eigenvalue weighted by molar-refractivity contribution is 0.0935. The average Bonchev–Trinajstić information content (AvgIpc) is 2.77. The lowest BCUT2D eigenvalue weighted by atomic mass is 9.88. The SMILES string of the molecule is CC[C@H](NC(=O)c1ccc(CN2CCC[C@H](C)C2)cc1)c1ccc2c(c1)CCCC2. The number of carbonyl (C=O) groups is 1. The molecule has 2 atom stereocenters. The first kappa shape index (κ1) is 21.1. The number of amides is 1. The van der Waals surface area contributed by atoms with E-state index >= 15 is 0 Å². The third-order valence-electron chi connectivity index (χ3n) is 6.85. The molecule has 1 N–H and O–H groups in total. The smallest absolute Gasteiger partial charge is 0.251 e. The molecule has 0 bridgehead atoms. The summed E-state index contributed by atoms with van der Waals surface area (Å²) >= 11 is 0. The Morgan fingerprint density at radius 2 is 1.83 bits per heavy atom. The molecule has 4 rings (SSSR count). The average molecular weight is 405 g/mol. The largest absolute Gasteiger partial charge is 0.345 e. The number of rotatable bonds is 6. The monoisotopic (exact) mass is 404 g/mol. The van der Waals surface area contributed by atoms with Gasteiger partial charge in [-0.3, -0.25) is 9.69 Å². The van der Waals surface area contributed by atoms with E-state index in [0.29, 0.717) is 0 Å². The predicted molar refractivity (Wildman–Crippen MR) is 124 cm³/mol. The minimum absolute atomic E-state index is 0.0257. The van der Waals surface area contributed by atoms with Crippen LogP contribution in [0.5, 0.6) is 0 Å². The Morgan fingerprint density at radius 1 is 1.07 bits per heavy atom. The summed E-state index contributed by atoms with van der Waals surface area (Å²) in [4.78, 5) is 15.4. The first-order valence-electron chi connectivity index (χ1n) is 11.9. The molecule has 0 unspecified atom stereocenters. The topological polar surface area (TPSA) is 32.3 Å². The van der Waals surface area contributed by atoms with Crippen LogP contribution in [-0.4, -0.2) is 23.9 Å². The number of nitrogens with one attached hydrogen (secondary N) is 1. The van der Waals surface area contributed by atoms with Crippen LogP contribution < -0.4 is 5.32 Å². The van der Waals surface area contributed by atoms with E-state index in [1.807, 2.05) is 12.1 Å². The Kier molecular flexibility index (Phi) is 6.89. The molecule has 0 spiro atoms. The maximum Gasteiger partial charge on any atom is 0.251 e.